The lowest BCUT2D eigenvalue weighted by molar-refractivity contribution is 0.285. The van der Waals surface area contributed by atoms with Crippen LogP contribution in [0.3, 0.4) is 0 Å². The summed E-state index contributed by atoms with van der Waals surface area (Å²) in [5, 5.41) is 7.84. The number of nitrogens with one attached hydrogen (secondary N) is 1. The zero-order chi connectivity index (χ0) is 11.3. The minimum Gasteiger partial charge on any atom is -0.306 e. The van der Waals surface area contributed by atoms with Crippen LogP contribution in [-0.4, -0.2) is 15.3 Å². The lowest BCUT2D eigenvalue weighted by Gasteiger charge is -2.32. The van der Waals surface area contributed by atoms with Gasteiger partial charge in [-0.15, -0.1) is 0 Å². The van der Waals surface area contributed by atoms with E-state index in [1.165, 1.54) is 25.0 Å². The zero-order valence-corrected chi connectivity index (χ0v) is 10.4. The molecule has 15 heavy (non-hydrogen) atoms. The highest BCUT2D eigenvalue weighted by atomic mass is 15.3. The van der Waals surface area contributed by atoms with Gasteiger partial charge in [0.05, 0.1) is 5.69 Å². The highest BCUT2D eigenvalue weighted by molar-refractivity contribution is 5.00. The van der Waals surface area contributed by atoms with Crippen LogP contribution in [0.4, 0.5) is 0 Å². The Hall–Kier alpha value is -0.830. The lowest BCUT2D eigenvalue weighted by Crippen LogP contribution is -2.43. The molecule has 0 saturated carbocycles. The first kappa shape index (κ1) is 12.2. The van der Waals surface area contributed by atoms with Crippen LogP contribution < -0.4 is 5.32 Å². The molecule has 0 spiro atoms. The molecule has 3 heteroatoms. The predicted octanol–water partition coefficient (Wildman–Crippen LogP) is 2.48. The lowest BCUT2D eigenvalue weighted by atomic mass is 9.90. The molecule has 0 aliphatic carbocycles. The molecule has 0 aliphatic heterocycles. The number of hydrogen-bond acceptors (Lipinski definition) is 2. The van der Waals surface area contributed by atoms with E-state index in [9.17, 15) is 0 Å². The topological polar surface area (TPSA) is 29.9 Å². The van der Waals surface area contributed by atoms with Crippen LogP contribution in [0.15, 0.2) is 12.3 Å². The Balaban J connectivity index is 2.58. The molecule has 1 rings (SSSR count). The van der Waals surface area contributed by atoms with Crippen LogP contribution >= 0.6 is 0 Å². The van der Waals surface area contributed by atoms with E-state index in [0.29, 0.717) is 5.54 Å². The van der Waals surface area contributed by atoms with Crippen LogP contribution in [-0.2, 0) is 13.6 Å². The van der Waals surface area contributed by atoms with Crippen LogP contribution in [0.2, 0.25) is 0 Å². The van der Waals surface area contributed by atoms with Gasteiger partial charge in [0.1, 0.15) is 0 Å². The number of hydrogen-bond donors (Lipinski definition) is 1. The molecule has 1 N–H and O–H groups in total. The first-order chi connectivity index (χ1) is 7.17. The fourth-order valence-corrected chi connectivity index (χ4v) is 1.98. The molecule has 0 amide bonds. The maximum atomic E-state index is 4.17. The van der Waals surface area contributed by atoms with Gasteiger partial charge >= 0.3 is 0 Å². The Morgan fingerprint density at radius 2 is 1.87 bits per heavy atom. The van der Waals surface area contributed by atoms with Gasteiger partial charge in [0, 0.05) is 25.3 Å². The molecular formula is C12H23N3. The number of aryl methyl sites for hydroxylation is 1. The first-order valence-corrected chi connectivity index (χ1v) is 5.89. The monoisotopic (exact) mass is 209 g/mol. The number of aromatic nitrogens is 2. The van der Waals surface area contributed by atoms with Crippen molar-refractivity contribution < 1.29 is 0 Å². The summed E-state index contributed by atoms with van der Waals surface area (Å²) in [6.45, 7) is 7.67. The largest absolute Gasteiger partial charge is 0.306 e. The van der Waals surface area contributed by atoms with E-state index in [0.717, 1.165) is 6.54 Å². The van der Waals surface area contributed by atoms with E-state index in [2.05, 4.69) is 37.3 Å². The molecule has 0 aliphatic rings. The average Bonchev–Trinajstić information content (AvgIpc) is 2.67. The van der Waals surface area contributed by atoms with Crippen molar-refractivity contribution in [2.45, 2.75) is 52.1 Å². The second-order valence-electron chi connectivity index (χ2n) is 4.14. The SMILES string of the molecule is CCC(CC)(CC)NCc1ccnn1C. The van der Waals surface area contributed by atoms with Gasteiger partial charge in [0.2, 0.25) is 0 Å². The molecule has 86 valence electrons. The smallest absolute Gasteiger partial charge is 0.0518 e. The maximum Gasteiger partial charge on any atom is 0.0518 e. The Morgan fingerprint density at radius 1 is 1.27 bits per heavy atom. The molecule has 0 fully saturated rings. The molecule has 3 nitrogen and oxygen atoms in total. The van der Waals surface area contributed by atoms with Gasteiger partial charge in [-0.1, -0.05) is 20.8 Å². The molecule has 0 unspecified atom stereocenters. The second kappa shape index (κ2) is 5.31. The van der Waals surface area contributed by atoms with E-state index in [1.54, 1.807) is 0 Å². The minimum absolute atomic E-state index is 0.296. The molecule has 1 aromatic heterocycles. The quantitative estimate of drug-likeness (QED) is 0.780. The van der Waals surface area contributed by atoms with Gasteiger partial charge < -0.3 is 5.32 Å². The molecule has 0 radical (unpaired) electrons. The van der Waals surface area contributed by atoms with E-state index in [1.807, 2.05) is 17.9 Å². The maximum absolute atomic E-state index is 4.17. The normalized spacial score (nSPS) is 12.0. The summed E-state index contributed by atoms with van der Waals surface area (Å²) < 4.78 is 1.93. The van der Waals surface area contributed by atoms with Crippen molar-refractivity contribution in [1.82, 2.24) is 15.1 Å². The molecule has 1 heterocycles. The van der Waals surface area contributed by atoms with Crippen LogP contribution in [0.5, 0.6) is 0 Å². The Labute approximate surface area is 92.9 Å². The average molecular weight is 209 g/mol. The van der Waals surface area contributed by atoms with Crippen molar-refractivity contribution in [2.75, 3.05) is 0 Å². The fraction of sp³-hybridized carbons (Fsp3) is 0.750. The molecule has 0 bridgehead atoms. The summed E-state index contributed by atoms with van der Waals surface area (Å²) in [5.74, 6) is 0. The summed E-state index contributed by atoms with van der Waals surface area (Å²) in [7, 11) is 1.99. The van der Waals surface area contributed by atoms with E-state index in [-0.39, 0.29) is 0 Å². The van der Waals surface area contributed by atoms with Gasteiger partial charge in [-0.25, -0.2) is 0 Å². The van der Waals surface area contributed by atoms with Gasteiger partial charge in [0.25, 0.3) is 0 Å². The summed E-state index contributed by atoms with van der Waals surface area (Å²) in [4.78, 5) is 0. The van der Waals surface area contributed by atoms with Crippen molar-refractivity contribution >= 4 is 0 Å². The van der Waals surface area contributed by atoms with Crippen LogP contribution in [0, 0.1) is 0 Å². The van der Waals surface area contributed by atoms with Crippen molar-refractivity contribution in [3.63, 3.8) is 0 Å². The third-order valence-electron chi connectivity index (χ3n) is 3.60. The second-order valence-corrected chi connectivity index (χ2v) is 4.14. The van der Waals surface area contributed by atoms with Gasteiger partial charge in [-0.2, -0.15) is 5.10 Å². The molecular weight excluding hydrogens is 186 g/mol. The van der Waals surface area contributed by atoms with Crippen molar-refractivity contribution in [3.05, 3.63) is 18.0 Å². The summed E-state index contributed by atoms with van der Waals surface area (Å²) in [6.07, 6.45) is 5.39. The van der Waals surface area contributed by atoms with Crippen LogP contribution in [0.1, 0.15) is 45.7 Å². The third kappa shape index (κ3) is 2.81. The molecule has 1 aromatic rings. The fourth-order valence-electron chi connectivity index (χ4n) is 1.98. The standard InChI is InChI=1S/C12H23N3/c1-5-12(6-2,7-3)13-10-11-8-9-14-15(11)4/h8-9,13H,5-7,10H2,1-4H3. The third-order valence-corrected chi connectivity index (χ3v) is 3.60. The van der Waals surface area contributed by atoms with Gasteiger partial charge in [-0.05, 0) is 25.3 Å². The van der Waals surface area contributed by atoms with Crippen molar-refractivity contribution in [3.8, 4) is 0 Å². The Morgan fingerprint density at radius 3 is 2.27 bits per heavy atom. The first-order valence-electron chi connectivity index (χ1n) is 5.89. The highest BCUT2D eigenvalue weighted by Gasteiger charge is 2.22. The minimum atomic E-state index is 0.296. The Kier molecular flexibility index (Phi) is 4.33. The summed E-state index contributed by atoms with van der Waals surface area (Å²) >= 11 is 0. The van der Waals surface area contributed by atoms with Crippen molar-refractivity contribution in [1.29, 1.82) is 0 Å². The highest BCUT2D eigenvalue weighted by Crippen LogP contribution is 2.19. The van der Waals surface area contributed by atoms with Crippen molar-refractivity contribution in [2.24, 2.45) is 7.05 Å². The van der Waals surface area contributed by atoms with Gasteiger partial charge in [-0.3, -0.25) is 4.68 Å². The van der Waals surface area contributed by atoms with Crippen LogP contribution in [0.25, 0.3) is 0 Å². The van der Waals surface area contributed by atoms with E-state index < -0.39 is 0 Å². The molecule has 0 aromatic carbocycles. The Bertz CT molecular complexity index is 279. The summed E-state index contributed by atoms with van der Waals surface area (Å²) in [5.41, 5.74) is 1.54. The number of rotatable bonds is 6. The van der Waals surface area contributed by atoms with E-state index in [4.69, 9.17) is 0 Å². The zero-order valence-electron chi connectivity index (χ0n) is 10.4. The predicted molar refractivity (Wildman–Crippen MR) is 63.7 cm³/mol. The number of nitrogens with zero attached hydrogens (tertiary/aromatic N) is 2. The van der Waals surface area contributed by atoms with Gasteiger partial charge in [0.15, 0.2) is 0 Å². The molecule has 0 atom stereocenters. The summed E-state index contributed by atoms with van der Waals surface area (Å²) in [6, 6.07) is 2.07. The molecule has 0 saturated heterocycles. The van der Waals surface area contributed by atoms with E-state index >= 15 is 0 Å².